The summed E-state index contributed by atoms with van der Waals surface area (Å²) in [5.41, 5.74) is -0.805. The molecule has 1 atom stereocenters. The Balaban J connectivity index is 3.20. The van der Waals surface area contributed by atoms with E-state index in [1.165, 1.54) is 25.1 Å². The molecule has 0 saturated heterocycles. The molecule has 6 heteroatoms. The summed E-state index contributed by atoms with van der Waals surface area (Å²) >= 11 is 0. The lowest BCUT2D eigenvalue weighted by Gasteiger charge is -2.06. The van der Waals surface area contributed by atoms with Gasteiger partial charge in [0.15, 0.2) is 0 Å². The van der Waals surface area contributed by atoms with Gasteiger partial charge >= 0.3 is 11.9 Å². The molecule has 2 N–H and O–H groups in total. The summed E-state index contributed by atoms with van der Waals surface area (Å²) in [7, 11) is 0. The van der Waals surface area contributed by atoms with Gasteiger partial charge in [0.2, 0.25) is 0 Å². The average molecular weight is 239 g/mol. The summed E-state index contributed by atoms with van der Waals surface area (Å²) in [5, 5.41) is 17.5. The van der Waals surface area contributed by atoms with Crippen molar-refractivity contribution in [3.05, 3.63) is 30.1 Å². The zero-order chi connectivity index (χ0) is 13.0. The van der Waals surface area contributed by atoms with Crippen LogP contribution in [0.1, 0.15) is 6.92 Å². The van der Waals surface area contributed by atoms with Crippen LogP contribution in [0.4, 0.5) is 10.1 Å². The first-order valence-electron chi connectivity index (χ1n) is 4.72. The number of aliphatic imine (C=N–C) groups is 1. The Morgan fingerprint density at radius 1 is 1.29 bits per heavy atom. The van der Waals surface area contributed by atoms with Gasteiger partial charge in [0, 0.05) is 0 Å². The van der Waals surface area contributed by atoms with E-state index in [1.807, 2.05) is 0 Å². The van der Waals surface area contributed by atoms with E-state index in [0.717, 1.165) is 6.07 Å². The van der Waals surface area contributed by atoms with Gasteiger partial charge in [-0.05, 0) is 19.1 Å². The molecule has 0 saturated carbocycles. The van der Waals surface area contributed by atoms with Crippen molar-refractivity contribution in [2.45, 2.75) is 6.92 Å². The lowest BCUT2D eigenvalue weighted by Crippen LogP contribution is -2.27. The van der Waals surface area contributed by atoms with Crippen LogP contribution in [-0.2, 0) is 9.59 Å². The predicted octanol–water partition coefficient (Wildman–Crippen LogP) is 1.70. The Labute approximate surface area is 96.2 Å². The third kappa shape index (κ3) is 3.10. The fourth-order valence-electron chi connectivity index (χ4n) is 1.12. The lowest BCUT2D eigenvalue weighted by atomic mass is 10.1. The molecule has 1 unspecified atom stereocenters. The summed E-state index contributed by atoms with van der Waals surface area (Å²) in [5.74, 6) is -4.83. The van der Waals surface area contributed by atoms with Crippen LogP contribution in [0, 0.1) is 11.7 Å². The number of halogens is 1. The van der Waals surface area contributed by atoms with Gasteiger partial charge in [-0.2, -0.15) is 0 Å². The van der Waals surface area contributed by atoms with Gasteiger partial charge in [-0.1, -0.05) is 12.1 Å². The van der Waals surface area contributed by atoms with E-state index < -0.39 is 29.4 Å². The maximum Gasteiger partial charge on any atom is 0.351 e. The third-order valence-corrected chi connectivity index (χ3v) is 2.09. The predicted molar refractivity (Wildman–Crippen MR) is 57.9 cm³/mol. The molecular weight excluding hydrogens is 229 g/mol. The first kappa shape index (κ1) is 12.8. The van der Waals surface area contributed by atoms with Crippen LogP contribution in [0.2, 0.25) is 0 Å². The second-order valence-electron chi connectivity index (χ2n) is 3.31. The third-order valence-electron chi connectivity index (χ3n) is 2.09. The highest BCUT2D eigenvalue weighted by Gasteiger charge is 2.24. The minimum Gasteiger partial charge on any atom is -0.481 e. The molecule has 1 aromatic rings. The molecule has 0 amide bonds. The molecule has 0 radical (unpaired) electrons. The molecule has 0 heterocycles. The van der Waals surface area contributed by atoms with Crippen molar-refractivity contribution in [2.24, 2.45) is 10.9 Å². The maximum absolute atomic E-state index is 13.2. The van der Waals surface area contributed by atoms with Crippen molar-refractivity contribution in [1.82, 2.24) is 0 Å². The van der Waals surface area contributed by atoms with Gasteiger partial charge in [-0.15, -0.1) is 0 Å². The number of hydrogen-bond acceptors (Lipinski definition) is 3. The van der Waals surface area contributed by atoms with E-state index in [2.05, 4.69) is 4.99 Å². The Bertz CT molecular complexity index is 484. The first-order valence-corrected chi connectivity index (χ1v) is 4.72. The highest BCUT2D eigenvalue weighted by molar-refractivity contribution is 6.40. The molecule has 0 fully saturated rings. The van der Waals surface area contributed by atoms with Gasteiger partial charge in [-0.3, -0.25) is 4.79 Å². The average Bonchev–Trinajstić information content (AvgIpc) is 2.26. The van der Waals surface area contributed by atoms with Gasteiger partial charge in [0.05, 0.1) is 5.69 Å². The monoisotopic (exact) mass is 239 g/mol. The van der Waals surface area contributed by atoms with E-state index in [4.69, 9.17) is 10.2 Å². The van der Waals surface area contributed by atoms with Gasteiger partial charge in [-0.25, -0.2) is 14.2 Å². The van der Waals surface area contributed by atoms with Crippen LogP contribution in [0.15, 0.2) is 29.3 Å². The van der Waals surface area contributed by atoms with Crippen molar-refractivity contribution in [1.29, 1.82) is 0 Å². The summed E-state index contributed by atoms with van der Waals surface area (Å²) in [6, 6.07) is 5.29. The highest BCUT2D eigenvalue weighted by atomic mass is 19.1. The minimum atomic E-state index is -1.48. The van der Waals surface area contributed by atoms with E-state index >= 15 is 0 Å². The highest BCUT2D eigenvalue weighted by Crippen LogP contribution is 2.18. The Hall–Kier alpha value is -2.24. The number of carboxylic acids is 2. The van der Waals surface area contributed by atoms with Crippen LogP contribution in [-0.4, -0.2) is 27.9 Å². The molecule has 0 aliphatic heterocycles. The molecule has 0 aliphatic carbocycles. The van der Waals surface area contributed by atoms with Crippen LogP contribution in [0.25, 0.3) is 0 Å². The van der Waals surface area contributed by atoms with Crippen molar-refractivity contribution in [3.8, 4) is 0 Å². The SMILES string of the molecule is CC(C(=O)O)C(=Nc1ccccc1F)C(=O)O. The topological polar surface area (TPSA) is 87.0 Å². The standard InChI is InChI=1S/C11H10FNO4/c1-6(10(14)15)9(11(16)17)13-8-5-3-2-4-7(8)12/h2-6H,1H3,(H,14,15)(H,16,17). The maximum atomic E-state index is 13.2. The van der Waals surface area contributed by atoms with Crippen LogP contribution in [0.5, 0.6) is 0 Å². The molecular formula is C11H10FNO4. The lowest BCUT2D eigenvalue weighted by molar-refractivity contribution is -0.140. The zero-order valence-electron chi connectivity index (χ0n) is 8.92. The number of nitrogens with zero attached hydrogens (tertiary/aromatic N) is 1. The van der Waals surface area contributed by atoms with Gasteiger partial charge in [0.25, 0.3) is 0 Å². The second kappa shape index (κ2) is 5.20. The smallest absolute Gasteiger partial charge is 0.351 e. The van der Waals surface area contributed by atoms with Crippen molar-refractivity contribution >= 4 is 23.3 Å². The first-order chi connectivity index (χ1) is 7.93. The number of carboxylic acid groups (broad SMARTS) is 2. The van der Waals surface area contributed by atoms with Crippen LogP contribution < -0.4 is 0 Å². The molecule has 1 aromatic carbocycles. The molecule has 0 spiro atoms. The quantitative estimate of drug-likeness (QED) is 0.783. The fraction of sp³-hybridized carbons (Fsp3) is 0.182. The molecule has 1 rings (SSSR count). The second-order valence-corrected chi connectivity index (χ2v) is 3.31. The Morgan fingerprint density at radius 3 is 2.35 bits per heavy atom. The molecule has 17 heavy (non-hydrogen) atoms. The van der Waals surface area contributed by atoms with Crippen molar-refractivity contribution < 1.29 is 24.2 Å². The van der Waals surface area contributed by atoms with Crippen LogP contribution in [0.3, 0.4) is 0 Å². The number of aliphatic carboxylic acids is 2. The molecule has 0 aromatic heterocycles. The van der Waals surface area contributed by atoms with Crippen LogP contribution >= 0.6 is 0 Å². The number of carbonyl (C=O) groups is 2. The number of hydrogen-bond donors (Lipinski definition) is 2. The number of para-hydroxylation sites is 1. The van der Waals surface area contributed by atoms with E-state index in [0.29, 0.717) is 0 Å². The van der Waals surface area contributed by atoms with Crippen molar-refractivity contribution in [3.63, 3.8) is 0 Å². The van der Waals surface area contributed by atoms with E-state index in [9.17, 15) is 14.0 Å². The molecule has 0 bridgehead atoms. The summed E-state index contributed by atoms with van der Waals surface area (Å²) in [6.45, 7) is 1.18. The number of rotatable bonds is 4. The van der Waals surface area contributed by atoms with E-state index in [-0.39, 0.29) is 5.69 Å². The molecule has 90 valence electrons. The van der Waals surface area contributed by atoms with Crippen molar-refractivity contribution in [2.75, 3.05) is 0 Å². The molecule has 5 nitrogen and oxygen atoms in total. The van der Waals surface area contributed by atoms with Gasteiger partial charge in [0.1, 0.15) is 17.4 Å². The largest absolute Gasteiger partial charge is 0.481 e. The van der Waals surface area contributed by atoms with Gasteiger partial charge < -0.3 is 10.2 Å². The Morgan fingerprint density at radius 2 is 1.88 bits per heavy atom. The normalized spacial score (nSPS) is 13.2. The minimum absolute atomic E-state index is 0.196. The molecule has 0 aliphatic rings. The zero-order valence-corrected chi connectivity index (χ0v) is 8.92. The summed E-state index contributed by atoms with van der Waals surface area (Å²) < 4.78 is 13.2. The fourth-order valence-corrected chi connectivity index (χ4v) is 1.12. The Kier molecular flexibility index (Phi) is 3.92. The summed E-state index contributed by atoms with van der Waals surface area (Å²) in [4.78, 5) is 25.1. The number of benzene rings is 1. The summed E-state index contributed by atoms with van der Waals surface area (Å²) in [6.07, 6.45) is 0. The van der Waals surface area contributed by atoms with E-state index in [1.54, 1.807) is 0 Å².